The van der Waals surface area contributed by atoms with Gasteiger partial charge in [0.2, 0.25) is 5.91 Å². The molecule has 1 spiro atoms. The van der Waals surface area contributed by atoms with Gasteiger partial charge >= 0.3 is 0 Å². The first-order valence-electron chi connectivity index (χ1n) is 12.3. The summed E-state index contributed by atoms with van der Waals surface area (Å²) < 4.78 is 6.31. The lowest BCUT2D eigenvalue weighted by Gasteiger charge is -2.48. The minimum Gasteiger partial charge on any atom is -0.375 e. The van der Waals surface area contributed by atoms with Gasteiger partial charge in [0, 0.05) is 25.7 Å². The summed E-state index contributed by atoms with van der Waals surface area (Å²) in [5.41, 5.74) is 2.63. The van der Waals surface area contributed by atoms with Crippen molar-refractivity contribution in [3.63, 3.8) is 0 Å². The van der Waals surface area contributed by atoms with Crippen LogP contribution in [0.15, 0.2) is 36.4 Å². The Morgan fingerprint density at radius 2 is 1.90 bits per heavy atom. The Labute approximate surface area is 185 Å². The third-order valence-corrected chi connectivity index (χ3v) is 8.68. The van der Waals surface area contributed by atoms with Crippen molar-refractivity contribution in [3.05, 3.63) is 47.5 Å². The molecule has 4 atom stereocenters. The molecule has 4 heteroatoms. The summed E-state index contributed by atoms with van der Waals surface area (Å²) in [4.78, 5) is 18.7. The highest BCUT2D eigenvalue weighted by Gasteiger charge is 2.48. The molecule has 164 valence electrons. The Kier molecular flexibility index (Phi) is 4.84. The second-order valence-corrected chi connectivity index (χ2v) is 10.3. The molecule has 4 unspecified atom stereocenters. The first-order chi connectivity index (χ1) is 15.2. The number of rotatable bonds is 3. The molecule has 2 aliphatic carbocycles. The van der Waals surface area contributed by atoms with E-state index in [1.807, 2.05) is 0 Å². The van der Waals surface area contributed by atoms with E-state index in [0.717, 1.165) is 32.3 Å². The molecule has 1 amide bonds. The van der Waals surface area contributed by atoms with Gasteiger partial charge < -0.3 is 9.64 Å². The van der Waals surface area contributed by atoms with Crippen molar-refractivity contribution >= 4 is 16.7 Å². The quantitative estimate of drug-likeness (QED) is 0.736. The molecule has 0 aromatic heterocycles. The maximum absolute atomic E-state index is 13.9. The Morgan fingerprint density at radius 1 is 1.10 bits per heavy atom. The molecule has 0 N–H and O–H groups in total. The molecule has 1 saturated carbocycles. The molecule has 2 aliphatic heterocycles. The molecule has 4 nitrogen and oxygen atoms in total. The van der Waals surface area contributed by atoms with Crippen molar-refractivity contribution < 1.29 is 9.53 Å². The predicted octanol–water partition coefficient (Wildman–Crippen LogP) is 4.50. The minimum absolute atomic E-state index is 0.0380. The van der Waals surface area contributed by atoms with E-state index in [2.05, 4.69) is 53.2 Å². The number of nitrogens with zero attached hydrogens (tertiary/aromatic N) is 2. The van der Waals surface area contributed by atoms with Crippen molar-refractivity contribution in [2.45, 2.75) is 75.0 Å². The van der Waals surface area contributed by atoms with E-state index in [9.17, 15) is 4.79 Å². The fourth-order valence-corrected chi connectivity index (χ4v) is 7.10. The first-order valence-corrected chi connectivity index (χ1v) is 12.3. The molecule has 2 aromatic carbocycles. The summed E-state index contributed by atoms with van der Waals surface area (Å²) in [6.07, 6.45) is 9.05. The highest BCUT2D eigenvalue weighted by atomic mass is 16.5. The van der Waals surface area contributed by atoms with E-state index in [1.165, 1.54) is 60.7 Å². The summed E-state index contributed by atoms with van der Waals surface area (Å²) in [6.45, 7) is 3.26. The van der Waals surface area contributed by atoms with Gasteiger partial charge in [-0.15, -0.1) is 0 Å². The molecule has 6 rings (SSSR count). The summed E-state index contributed by atoms with van der Waals surface area (Å²) >= 11 is 0. The number of likely N-dealkylation sites (tertiary alicyclic amines) is 1. The van der Waals surface area contributed by atoms with Crippen LogP contribution >= 0.6 is 0 Å². The van der Waals surface area contributed by atoms with Crippen LogP contribution in [0.25, 0.3) is 10.8 Å². The predicted molar refractivity (Wildman–Crippen MR) is 123 cm³/mol. The van der Waals surface area contributed by atoms with E-state index in [4.69, 9.17) is 4.74 Å². The highest BCUT2D eigenvalue weighted by Crippen LogP contribution is 2.44. The van der Waals surface area contributed by atoms with Gasteiger partial charge in [0.05, 0.1) is 11.5 Å². The maximum atomic E-state index is 13.9. The Balaban J connectivity index is 1.27. The lowest BCUT2D eigenvalue weighted by Crippen LogP contribution is -2.58. The number of ether oxygens (including phenoxy) is 1. The topological polar surface area (TPSA) is 32.8 Å². The van der Waals surface area contributed by atoms with Gasteiger partial charge in [-0.3, -0.25) is 9.69 Å². The zero-order chi connectivity index (χ0) is 21.0. The Hall–Kier alpha value is -1.91. The fraction of sp³-hybridized carbons (Fsp3) is 0.593. The number of benzene rings is 2. The van der Waals surface area contributed by atoms with Crippen molar-refractivity contribution in [1.82, 2.24) is 9.80 Å². The molecule has 2 heterocycles. The number of amides is 1. The van der Waals surface area contributed by atoms with Crippen molar-refractivity contribution in [3.8, 4) is 0 Å². The summed E-state index contributed by atoms with van der Waals surface area (Å²) in [5.74, 6) is 0.269. The SMILES string of the molecule is CN(C(=O)C1Cc2cccc3cccc1c23)C1CCC2(CCCO2)CC1N1CCCC1. The molecule has 0 bridgehead atoms. The van der Waals surface area contributed by atoms with Crippen molar-refractivity contribution in [2.75, 3.05) is 26.7 Å². The third kappa shape index (κ3) is 3.22. The van der Waals surface area contributed by atoms with Crippen LogP contribution < -0.4 is 0 Å². The minimum atomic E-state index is -0.0380. The molecule has 3 fully saturated rings. The van der Waals surface area contributed by atoms with Gasteiger partial charge in [0.1, 0.15) is 0 Å². The van der Waals surface area contributed by atoms with Crippen LogP contribution in [0.2, 0.25) is 0 Å². The van der Waals surface area contributed by atoms with E-state index in [1.54, 1.807) is 0 Å². The molecule has 31 heavy (non-hydrogen) atoms. The first kappa shape index (κ1) is 19.8. The lowest BCUT2D eigenvalue weighted by atomic mass is 9.76. The van der Waals surface area contributed by atoms with E-state index >= 15 is 0 Å². The zero-order valence-electron chi connectivity index (χ0n) is 18.7. The van der Waals surface area contributed by atoms with Gasteiger partial charge in [-0.2, -0.15) is 0 Å². The zero-order valence-corrected chi connectivity index (χ0v) is 18.7. The average molecular weight is 419 g/mol. The average Bonchev–Trinajstić information content (AvgIpc) is 3.55. The highest BCUT2D eigenvalue weighted by molar-refractivity contribution is 5.98. The van der Waals surface area contributed by atoms with Crippen LogP contribution in [-0.4, -0.2) is 60.1 Å². The van der Waals surface area contributed by atoms with Crippen LogP contribution in [0, 0.1) is 0 Å². The number of carbonyl (C=O) groups excluding carboxylic acids is 1. The van der Waals surface area contributed by atoms with Crippen LogP contribution in [0.4, 0.5) is 0 Å². The van der Waals surface area contributed by atoms with Gasteiger partial charge in [-0.1, -0.05) is 36.4 Å². The Bertz CT molecular complexity index is 985. The number of hydrogen-bond acceptors (Lipinski definition) is 3. The molecule has 4 aliphatic rings. The van der Waals surface area contributed by atoms with Gasteiger partial charge in [-0.25, -0.2) is 0 Å². The molecular formula is C27H34N2O2. The largest absolute Gasteiger partial charge is 0.375 e. The lowest BCUT2D eigenvalue weighted by molar-refractivity contribution is -0.139. The molecular weight excluding hydrogens is 384 g/mol. The van der Waals surface area contributed by atoms with Gasteiger partial charge in [-0.05, 0) is 86.4 Å². The van der Waals surface area contributed by atoms with E-state index in [0.29, 0.717) is 18.0 Å². The summed E-state index contributed by atoms with van der Waals surface area (Å²) in [7, 11) is 2.08. The standard InChI is InChI=1S/C27H34N2O2/c1-28(26(30)22-17-20-9-4-7-19-8-5-10-21(22)25(19)20)23-11-13-27(12-6-16-31-27)18-24(23)29-14-2-3-15-29/h4-5,7-10,22-24H,2-3,6,11-18H2,1H3. The number of hydrogen-bond donors (Lipinski definition) is 0. The van der Waals surface area contributed by atoms with Crippen molar-refractivity contribution in [2.24, 2.45) is 0 Å². The third-order valence-electron chi connectivity index (χ3n) is 8.68. The van der Waals surface area contributed by atoms with E-state index < -0.39 is 0 Å². The number of carbonyl (C=O) groups is 1. The fourth-order valence-electron chi connectivity index (χ4n) is 7.10. The normalized spacial score (nSPS) is 32.9. The van der Waals surface area contributed by atoms with Gasteiger partial charge in [0.25, 0.3) is 0 Å². The monoisotopic (exact) mass is 418 g/mol. The summed E-state index contributed by atoms with van der Waals surface area (Å²) in [5, 5.41) is 2.58. The van der Waals surface area contributed by atoms with Gasteiger partial charge in [0.15, 0.2) is 0 Å². The summed E-state index contributed by atoms with van der Waals surface area (Å²) in [6, 6.07) is 13.7. The molecule has 0 radical (unpaired) electrons. The molecule has 2 aromatic rings. The number of likely N-dealkylation sites (N-methyl/N-ethyl adjacent to an activating group) is 1. The van der Waals surface area contributed by atoms with Crippen LogP contribution in [-0.2, 0) is 16.0 Å². The van der Waals surface area contributed by atoms with Crippen LogP contribution in [0.5, 0.6) is 0 Å². The van der Waals surface area contributed by atoms with E-state index in [-0.39, 0.29) is 11.5 Å². The van der Waals surface area contributed by atoms with Crippen molar-refractivity contribution in [1.29, 1.82) is 0 Å². The Morgan fingerprint density at radius 3 is 2.68 bits per heavy atom. The van der Waals surface area contributed by atoms with Crippen LogP contribution in [0.1, 0.15) is 62.0 Å². The smallest absolute Gasteiger partial charge is 0.230 e. The second-order valence-electron chi connectivity index (χ2n) is 10.3. The van der Waals surface area contributed by atoms with Crippen LogP contribution in [0.3, 0.4) is 0 Å². The molecule has 2 saturated heterocycles. The maximum Gasteiger partial charge on any atom is 0.230 e. The second kappa shape index (κ2) is 7.60.